The molecule has 4 rings (SSSR count). The van der Waals surface area contributed by atoms with E-state index in [0.29, 0.717) is 54.5 Å². The summed E-state index contributed by atoms with van der Waals surface area (Å²) in [5, 5.41) is 3.19. The van der Waals surface area contributed by atoms with Gasteiger partial charge < -0.3 is 14.8 Å². The molecule has 0 aromatic heterocycles. The minimum Gasteiger partial charge on any atom is -0.494 e. The maximum Gasteiger partial charge on any atom is 0.278 e. The lowest BCUT2D eigenvalue weighted by atomic mass is 10.0. The minimum atomic E-state index is -0.341. The molecule has 0 atom stereocenters. The van der Waals surface area contributed by atoms with Crippen molar-refractivity contribution in [1.29, 1.82) is 0 Å². The summed E-state index contributed by atoms with van der Waals surface area (Å²) < 4.78 is 11.1. The lowest BCUT2D eigenvalue weighted by Crippen LogP contribution is -2.34. The van der Waals surface area contributed by atoms with Gasteiger partial charge in [0.2, 0.25) is 0 Å². The lowest BCUT2D eigenvalue weighted by molar-refractivity contribution is -0.136. The van der Waals surface area contributed by atoms with Crippen LogP contribution in [0.1, 0.15) is 25.0 Å². The predicted octanol–water partition coefficient (Wildman–Crippen LogP) is 4.92. The molecule has 1 aliphatic heterocycles. The molecular weight excluding hydrogens is 428 g/mol. The summed E-state index contributed by atoms with van der Waals surface area (Å²) >= 11 is 0. The van der Waals surface area contributed by atoms with Gasteiger partial charge in [0.25, 0.3) is 11.8 Å². The van der Waals surface area contributed by atoms with Crippen LogP contribution in [-0.2, 0) is 16.0 Å². The van der Waals surface area contributed by atoms with Gasteiger partial charge in [-0.3, -0.25) is 14.5 Å². The maximum atomic E-state index is 13.5. The van der Waals surface area contributed by atoms with Gasteiger partial charge in [-0.25, -0.2) is 0 Å². The molecular formula is C28H28N2O4. The average molecular weight is 457 g/mol. The fourth-order valence-corrected chi connectivity index (χ4v) is 3.91. The monoisotopic (exact) mass is 456 g/mol. The van der Waals surface area contributed by atoms with Gasteiger partial charge in [0.15, 0.2) is 0 Å². The highest BCUT2D eigenvalue weighted by Gasteiger charge is 2.39. The van der Waals surface area contributed by atoms with Crippen molar-refractivity contribution < 1.29 is 19.1 Å². The van der Waals surface area contributed by atoms with Crippen LogP contribution in [0.5, 0.6) is 11.5 Å². The molecule has 3 aromatic rings. The second-order valence-corrected chi connectivity index (χ2v) is 7.79. The molecule has 2 amide bonds. The largest absolute Gasteiger partial charge is 0.494 e. The molecule has 0 bridgehead atoms. The molecule has 1 aliphatic rings. The number of ether oxygens (including phenoxy) is 2. The smallest absolute Gasteiger partial charge is 0.278 e. The van der Waals surface area contributed by atoms with E-state index in [1.54, 1.807) is 0 Å². The molecule has 3 aromatic carbocycles. The number of anilines is 1. The highest BCUT2D eigenvalue weighted by molar-refractivity contribution is 6.36. The molecule has 0 unspecified atom stereocenters. The Hall–Kier alpha value is -4.06. The van der Waals surface area contributed by atoms with E-state index in [-0.39, 0.29) is 17.5 Å². The van der Waals surface area contributed by atoms with E-state index in [9.17, 15) is 9.59 Å². The standard InChI is InChI=1S/C28H28N2O4/c1-3-33-23-15-13-21(14-16-23)25-26(29-22-11-8-12-24(19-22)34-4-2)28(32)30(27(25)31)18-17-20-9-6-5-7-10-20/h5-16,19,29H,3-4,17-18H2,1-2H3. The van der Waals surface area contributed by atoms with Crippen molar-refractivity contribution >= 4 is 23.1 Å². The number of nitrogens with one attached hydrogen (secondary N) is 1. The summed E-state index contributed by atoms with van der Waals surface area (Å²) in [6.07, 6.45) is 0.585. The maximum absolute atomic E-state index is 13.5. The third kappa shape index (κ3) is 5.12. The SMILES string of the molecule is CCOc1ccc(C2=C(Nc3cccc(OCC)c3)C(=O)N(CCc3ccccc3)C2=O)cc1. The molecule has 174 valence electrons. The van der Waals surface area contributed by atoms with Crippen molar-refractivity contribution in [1.82, 2.24) is 4.90 Å². The highest BCUT2D eigenvalue weighted by atomic mass is 16.5. The molecule has 6 nitrogen and oxygen atoms in total. The van der Waals surface area contributed by atoms with Crippen molar-refractivity contribution in [3.05, 3.63) is 95.7 Å². The summed E-state index contributed by atoms with van der Waals surface area (Å²) in [4.78, 5) is 28.2. The number of amides is 2. The normalized spacial score (nSPS) is 13.4. The molecule has 34 heavy (non-hydrogen) atoms. The van der Waals surface area contributed by atoms with E-state index < -0.39 is 0 Å². The summed E-state index contributed by atoms with van der Waals surface area (Å²) in [7, 11) is 0. The summed E-state index contributed by atoms with van der Waals surface area (Å²) in [5.74, 6) is 0.747. The Bertz CT molecular complexity index is 1190. The van der Waals surface area contributed by atoms with E-state index in [2.05, 4.69) is 5.32 Å². The quantitative estimate of drug-likeness (QED) is 0.439. The highest BCUT2D eigenvalue weighted by Crippen LogP contribution is 2.32. The Balaban J connectivity index is 1.66. The zero-order valence-corrected chi connectivity index (χ0v) is 19.4. The van der Waals surface area contributed by atoms with Gasteiger partial charge in [-0.15, -0.1) is 0 Å². The van der Waals surface area contributed by atoms with Gasteiger partial charge in [0.1, 0.15) is 17.2 Å². The molecule has 0 aliphatic carbocycles. The molecule has 0 radical (unpaired) electrons. The van der Waals surface area contributed by atoms with E-state index in [0.717, 1.165) is 5.56 Å². The van der Waals surface area contributed by atoms with Crippen molar-refractivity contribution in [2.24, 2.45) is 0 Å². The molecule has 0 saturated carbocycles. The number of carbonyl (C=O) groups is 2. The minimum absolute atomic E-state index is 0.260. The first kappa shape index (κ1) is 23.1. The second kappa shape index (κ2) is 10.7. The van der Waals surface area contributed by atoms with Crippen molar-refractivity contribution in [3.63, 3.8) is 0 Å². The second-order valence-electron chi connectivity index (χ2n) is 7.79. The van der Waals surface area contributed by atoms with E-state index in [1.807, 2.05) is 92.7 Å². The average Bonchev–Trinajstić information content (AvgIpc) is 3.08. The molecule has 6 heteroatoms. The van der Waals surface area contributed by atoms with Gasteiger partial charge in [-0.05, 0) is 55.7 Å². The van der Waals surface area contributed by atoms with Gasteiger partial charge >= 0.3 is 0 Å². The van der Waals surface area contributed by atoms with E-state index in [4.69, 9.17) is 9.47 Å². The van der Waals surface area contributed by atoms with Crippen molar-refractivity contribution in [2.75, 3.05) is 25.1 Å². The fraction of sp³-hybridized carbons (Fsp3) is 0.214. The fourth-order valence-electron chi connectivity index (χ4n) is 3.91. The van der Waals surface area contributed by atoms with Crippen LogP contribution in [0.15, 0.2) is 84.6 Å². The number of rotatable bonds is 10. The molecule has 0 spiro atoms. The van der Waals surface area contributed by atoms with Crippen LogP contribution in [0.3, 0.4) is 0 Å². The topological polar surface area (TPSA) is 67.9 Å². The predicted molar refractivity (Wildman–Crippen MR) is 133 cm³/mol. The van der Waals surface area contributed by atoms with Crippen LogP contribution in [-0.4, -0.2) is 36.5 Å². The summed E-state index contributed by atoms with van der Waals surface area (Å²) in [5.41, 5.74) is 3.01. The first-order chi connectivity index (χ1) is 16.6. The van der Waals surface area contributed by atoms with E-state index in [1.165, 1.54) is 4.90 Å². The zero-order chi connectivity index (χ0) is 23.9. The first-order valence-corrected chi connectivity index (χ1v) is 11.5. The Labute approximate surface area is 199 Å². The van der Waals surface area contributed by atoms with Crippen molar-refractivity contribution in [3.8, 4) is 11.5 Å². The first-order valence-electron chi connectivity index (χ1n) is 11.5. The Morgan fingerprint density at radius 2 is 1.47 bits per heavy atom. The Morgan fingerprint density at radius 3 is 2.18 bits per heavy atom. The number of benzene rings is 3. The van der Waals surface area contributed by atoms with Crippen LogP contribution < -0.4 is 14.8 Å². The zero-order valence-electron chi connectivity index (χ0n) is 19.4. The van der Waals surface area contributed by atoms with Crippen molar-refractivity contribution in [2.45, 2.75) is 20.3 Å². The number of nitrogens with zero attached hydrogens (tertiary/aromatic N) is 1. The summed E-state index contributed by atoms with van der Waals surface area (Å²) in [6, 6.07) is 24.4. The Morgan fingerprint density at radius 1 is 0.765 bits per heavy atom. The van der Waals surface area contributed by atoms with Gasteiger partial charge in [-0.1, -0.05) is 48.5 Å². The van der Waals surface area contributed by atoms with Crippen LogP contribution in [0.2, 0.25) is 0 Å². The molecule has 1 N–H and O–H groups in total. The van der Waals surface area contributed by atoms with Gasteiger partial charge in [0, 0.05) is 18.3 Å². The van der Waals surface area contributed by atoms with Gasteiger partial charge in [0.05, 0.1) is 18.8 Å². The Kier molecular flexibility index (Phi) is 7.28. The van der Waals surface area contributed by atoms with E-state index >= 15 is 0 Å². The molecule has 0 saturated heterocycles. The number of carbonyl (C=O) groups excluding carboxylic acids is 2. The molecule has 1 heterocycles. The third-order valence-corrected chi connectivity index (χ3v) is 5.50. The van der Waals surface area contributed by atoms with Gasteiger partial charge in [-0.2, -0.15) is 0 Å². The third-order valence-electron chi connectivity index (χ3n) is 5.50. The van der Waals surface area contributed by atoms with Crippen LogP contribution in [0, 0.1) is 0 Å². The van der Waals surface area contributed by atoms with Crippen LogP contribution in [0.25, 0.3) is 5.57 Å². The number of hydrogen-bond acceptors (Lipinski definition) is 5. The lowest BCUT2D eigenvalue weighted by Gasteiger charge is -2.15. The number of hydrogen-bond donors (Lipinski definition) is 1. The summed E-state index contributed by atoms with van der Waals surface area (Å²) in [6.45, 7) is 5.21. The van der Waals surface area contributed by atoms with Crippen LogP contribution >= 0.6 is 0 Å². The van der Waals surface area contributed by atoms with Crippen LogP contribution in [0.4, 0.5) is 5.69 Å². The molecule has 0 fully saturated rings. The number of imide groups is 1.